The number of rotatable bonds is 6. The van der Waals surface area contributed by atoms with E-state index in [1.807, 2.05) is 20.8 Å². The number of aliphatic hydroxyl groups excluding tert-OH is 1. The van der Waals surface area contributed by atoms with Gasteiger partial charge in [0.2, 0.25) is 0 Å². The number of benzene rings is 3. The normalized spacial score (nSPS) is 17.3. The number of anilines is 1. The SMILES string of the molecule is Cc1cc(/C(O)=C2\C(=O)C(=O)N(c3cc(F)ccc3F)C2c2ccccc2)ccc1OCC(C)C. The van der Waals surface area contributed by atoms with Gasteiger partial charge in [-0.15, -0.1) is 0 Å². The molecule has 1 aliphatic rings. The summed E-state index contributed by atoms with van der Waals surface area (Å²) in [5, 5.41) is 11.2. The van der Waals surface area contributed by atoms with Crippen LogP contribution in [0.25, 0.3) is 5.76 Å². The summed E-state index contributed by atoms with van der Waals surface area (Å²) in [4.78, 5) is 27.2. The molecule has 0 radical (unpaired) electrons. The largest absolute Gasteiger partial charge is 0.507 e. The molecule has 0 aliphatic carbocycles. The minimum Gasteiger partial charge on any atom is -0.507 e. The minimum absolute atomic E-state index is 0.208. The number of carbonyl (C=O) groups is 2. The lowest BCUT2D eigenvalue weighted by molar-refractivity contribution is -0.132. The fraction of sp³-hybridized carbons (Fsp3) is 0.214. The van der Waals surface area contributed by atoms with Crippen LogP contribution in [-0.4, -0.2) is 23.4 Å². The first-order valence-electron chi connectivity index (χ1n) is 11.2. The Morgan fingerprint density at radius 3 is 2.40 bits per heavy atom. The Balaban J connectivity index is 1.86. The second-order valence-corrected chi connectivity index (χ2v) is 8.86. The Labute approximate surface area is 202 Å². The molecule has 35 heavy (non-hydrogen) atoms. The molecule has 1 N–H and O–H groups in total. The molecule has 1 heterocycles. The van der Waals surface area contributed by atoms with E-state index in [9.17, 15) is 23.5 Å². The van der Waals surface area contributed by atoms with Crippen LogP contribution in [0.3, 0.4) is 0 Å². The van der Waals surface area contributed by atoms with E-state index in [-0.39, 0.29) is 11.3 Å². The van der Waals surface area contributed by atoms with Crippen molar-refractivity contribution in [3.8, 4) is 5.75 Å². The molecule has 7 heteroatoms. The molecule has 1 saturated heterocycles. The van der Waals surface area contributed by atoms with E-state index in [0.717, 1.165) is 28.7 Å². The van der Waals surface area contributed by atoms with Gasteiger partial charge in [0.1, 0.15) is 23.1 Å². The maximum atomic E-state index is 14.7. The fourth-order valence-corrected chi connectivity index (χ4v) is 4.07. The highest BCUT2D eigenvalue weighted by Crippen LogP contribution is 2.43. The highest BCUT2D eigenvalue weighted by molar-refractivity contribution is 6.51. The van der Waals surface area contributed by atoms with Crippen LogP contribution in [0.4, 0.5) is 14.5 Å². The molecule has 3 aromatic carbocycles. The van der Waals surface area contributed by atoms with Crippen LogP contribution >= 0.6 is 0 Å². The van der Waals surface area contributed by atoms with Gasteiger partial charge in [-0.2, -0.15) is 0 Å². The van der Waals surface area contributed by atoms with Crippen molar-refractivity contribution in [3.63, 3.8) is 0 Å². The number of halogens is 2. The van der Waals surface area contributed by atoms with Crippen LogP contribution in [-0.2, 0) is 9.59 Å². The van der Waals surface area contributed by atoms with Gasteiger partial charge in [-0.1, -0.05) is 44.2 Å². The second kappa shape index (κ2) is 9.70. The zero-order chi connectivity index (χ0) is 25.3. The first kappa shape index (κ1) is 24.1. The van der Waals surface area contributed by atoms with E-state index in [2.05, 4.69) is 0 Å². The average Bonchev–Trinajstić information content (AvgIpc) is 3.10. The Morgan fingerprint density at radius 1 is 1.03 bits per heavy atom. The maximum absolute atomic E-state index is 14.7. The van der Waals surface area contributed by atoms with Crippen LogP contribution in [0, 0.1) is 24.5 Å². The number of ketones is 1. The third kappa shape index (κ3) is 4.67. The summed E-state index contributed by atoms with van der Waals surface area (Å²) in [5.41, 5.74) is 0.911. The number of carbonyl (C=O) groups excluding carboxylic acids is 2. The Bertz CT molecular complexity index is 1320. The summed E-state index contributed by atoms with van der Waals surface area (Å²) < 4.78 is 34.5. The summed E-state index contributed by atoms with van der Waals surface area (Å²) in [6.45, 7) is 6.38. The highest BCUT2D eigenvalue weighted by atomic mass is 19.1. The zero-order valence-corrected chi connectivity index (χ0v) is 19.6. The lowest BCUT2D eigenvalue weighted by atomic mass is 9.94. The molecule has 3 aromatic rings. The fourth-order valence-electron chi connectivity index (χ4n) is 4.07. The predicted molar refractivity (Wildman–Crippen MR) is 129 cm³/mol. The number of nitrogens with zero attached hydrogens (tertiary/aromatic N) is 1. The van der Waals surface area contributed by atoms with Crippen LogP contribution in [0.15, 0.2) is 72.3 Å². The minimum atomic E-state index is -1.15. The van der Waals surface area contributed by atoms with E-state index in [1.54, 1.807) is 48.5 Å². The van der Waals surface area contributed by atoms with Gasteiger partial charge < -0.3 is 9.84 Å². The number of ether oxygens (including phenoxy) is 1. The van der Waals surface area contributed by atoms with Crippen molar-refractivity contribution in [2.75, 3.05) is 11.5 Å². The van der Waals surface area contributed by atoms with E-state index in [4.69, 9.17) is 4.74 Å². The third-order valence-corrected chi connectivity index (χ3v) is 5.75. The quantitative estimate of drug-likeness (QED) is 0.271. The highest BCUT2D eigenvalue weighted by Gasteiger charge is 2.47. The van der Waals surface area contributed by atoms with Crippen molar-refractivity contribution in [1.82, 2.24) is 0 Å². The van der Waals surface area contributed by atoms with E-state index in [0.29, 0.717) is 29.4 Å². The number of hydrogen-bond acceptors (Lipinski definition) is 4. The van der Waals surface area contributed by atoms with Crippen molar-refractivity contribution in [2.24, 2.45) is 5.92 Å². The van der Waals surface area contributed by atoms with Crippen LogP contribution in [0.1, 0.15) is 36.6 Å². The Hall–Kier alpha value is -4.00. The monoisotopic (exact) mass is 477 g/mol. The average molecular weight is 478 g/mol. The van der Waals surface area contributed by atoms with Gasteiger partial charge in [-0.25, -0.2) is 8.78 Å². The predicted octanol–water partition coefficient (Wildman–Crippen LogP) is 5.93. The standard InChI is InChI=1S/C28H25F2NO4/c1-16(2)15-35-23-12-9-19(13-17(23)3)26(32)24-25(18-7-5-4-6-8-18)31(28(34)27(24)33)22-14-20(29)10-11-21(22)30/h4-14,16,25,32H,15H2,1-3H3/b26-24+. The van der Waals surface area contributed by atoms with Gasteiger partial charge in [0.05, 0.1) is 23.9 Å². The van der Waals surface area contributed by atoms with E-state index >= 15 is 0 Å². The van der Waals surface area contributed by atoms with Gasteiger partial charge in [0, 0.05) is 11.6 Å². The molecule has 0 bridgehead atoms. The molecule has 1 amide bonds. The van der Waals surface area contributed by atoms with E-state index in [1.165, 1.54) is 0 Å². The van der Waals surface area contributed by atoms with Crippen molar-refractivity contribution >= 4 is 23.1 Å². The molecule has 1 aliphatic heterocycles. The second-order valence-electron chi connectivity index (χ2n) is 8.86. The number of Topliss-reactive ketones (excluding diaryl/α,β-unsaturated/α-hetero) is 1. The summed E-state index contributed by atoms with van der Waals surface area (Å²) in [7, 11) is 0. The Kier molecular flexibility index (Phi) is 6.69. The first-order chi connectivity index (χ1) is 16.7. The number of hydrogen-bond donors (Lipinski definition) is 1. The lowest BCUT2D eigenvalue weighted by Gasteiger charge is -2.25. The molecular formula is C28H25F2NO4. The smallest absolute Gasteiger partial charge is 0.300 e. The molecule has 180 valence electrons. The molecule has 4 rings (SSSR count). The molecule has 0 aromatic heterocycles. The summed E-state index contributed by atoms with van der Waals surface area (Å²) in [6, 6.07) is 14.9. The zero-order valence-electron chi connectivity index (χ0n) is 19.6. The van der Waals surface area contributed by atoms with E-state index < -0.39 is 35.1 Å². The van der Waals surface area contributed by atoms with Crippen molar-refractivity contribution in [2.45, 2.75) is 26.8 Å². The molecule has 1 unspecified atom stereocenters. The topological polar surface area (TPSA) is 66.8 Å². The summed E-state index contributed by atoms with van der Waals surface area (Å²) in [5.74, 6) is -3.12. The summed E-state index contributed by atoms with van der Waals surface area (Å²) in [6.07, 6.45) is 0. The molecule has 1 fully saturated rings. The third-order valence-electron chi connectivity index (χ3n) is 5.75. The van der Waals surface area contributed by atoms with Crippen LogP contribution < -0.4 is 9.64 Å². The molecule has 5 nitrogen and oxygen atoms in total. The van der Waals surface area contributed by atoms with Crippen molar-refractivity contribution in [3.05, 3.63) is 101 Å². The molecular weight excluding hydrogens is 452 g/mol. The van der Waals surface area contributed by atoms with Crippen LogP contribution in [0.5, 0.6) is 5.75 Å². The van der Waals surface area contributed by atoms with Crippen molar-refractivity contribution in [1.29, 1.82) is 0 Å². The van der Waals surface area contributed by atoms with Crippen LogP contribution in [0.2, 0.25) is 0 Å². The molecule has 0 saturated carbocycles. The molecule has 1 atom stereocenters. The Morgan fingerprint density at radius 2 is 1.74 bits per heavy atom. The maximum Gasteiger partial charge on any atom is 0.300 e. The van der Waals surface area contributed by atoms with Gasteiger partial charge >= 0.3 is 0 Å². The first-order valence-corrected chi connectivity index (χ1v) is 11.2. The van der Waals surface area contributed by atoms with Gasteiger partial charge in [-0.3, -0.25) is 14.5 Å². The summed E-state index contributed by atoms with van der Waals surface area (Å²) >= 11 is 0. The van der Waals surface area contributed by atoms with Gasteiger partial charge in [-0.05, 0) is 54.3 Å². The number of aliphatic hydroxyl groups is 1. The van der Waals surface area contributed by atoms with Gasteiger partial charge in [0.25, 0.3) is 11.7 Å². The number of aryl methyl sites for hydroxylation is 1. The lowest BCUT2D eigenvalue weighted by Crippen LogP contribution is -2.30. The molecule has 0 spiro atoms. The van der Waals surface area contributed by atoms with Crippen molar-refractivity contribution < 1.29 is 28.2 Å². The number of amides is 1. The van der Waals surface area contributed by atoms with Gasteiger partial charge in [0.15, 0.2) is 0 Å².